The van der Waals surface area contributed by atoms with Crippen molar-refractivity contribution in [2.75, 3.05) is 54.0 Å². The Morgan fingerprint density at radius 2 is 1.53 bits per heavy atom. The van der Waals surface area contributed by atoms with Crippen molar-refractivity contribution in [1.29, 1.82) is 0 Å². The van der Waals surface area contributed by atoms with E-state index in [0.29, 0.717) is 24.5 Å². The Balaban J connectivity index is 1.35. The van der Waals surface area contributed by atoms with Crippen LogP contribution in [0.2, 0.25) is 0 Å². The number of rotatable bonds is 6. The van der Waals surface area contributed by atoms with Crippen molar-refractivity contribution in [3.63, 3.8) is 0 Å². The standard InChI is InChI=1S/C22H24N6O2/c1-17-28(15-22(30-17)14-24-25-23)21-8-6-20(7-9-21)27-12-10-26(11-13-27)19-4-2-18(16-29)3-5-19/h2-9,16,22H,1,10-15H2. The van der Waals surface area contributed by atoms with Crippen molar-refractivity contribution in [3.8, 4) is 0 Å². The van der Waals surface area contributed by atoms with Gasteiger partial charge in [-0.3, -0.25) is 4.79 Å². The monoisotopic (exact) mass is 404 g/mol. The highest BCUT2D eigenvalue weighted by molar-refractivity contribution is 5.75. The van der Waals surface area contributed by atoms with Gasteiger partial charge in [0.15, 0.2) is 5.88 Å². The maximum absolute atomic E-state index is 10.8. The third-order valence-corrected chi connectivity index (χ3v) is 5.54. The molecule has 0 aliphatic carbocycles. The van der Waals surface area contributed by atoms with Gasteiger partial charge in [-0.2, -0.15) is 0 Å². The lowest BCUT2D eigenvalue weighted by Crippen LogP contribution is -2.46. The van der Waals surface area contributed by atoms with Gasteiger partial charge >= 0.3 is 0 Å². The van der Waals surface area contributed by atoms with Crippen molar-refractivity contribution < 1.29 is 9.53 Å². The predicted molar refractivity (Wildman–Crippen MR) is 118 cm³/mol. The van der Waals surface area contributed by atoms with Gasteiger partial charge in [-0.05, 0) is 60.6 Å². The molecule has 1 atom stereocenters. The molecule has 0 aromatic heterocycles. The molecular weight excluding hydrogens is 380 g/mol. The Morgan fingerprint density at radius 3 is 2.07 bits per heavy atom. The van der Waals surface area contributed by atoms with Gasteiger partial charge in [0.25, 0.3) is 0 Å². The van der Waals surface area contributed by atoms with Crippen LogP contribution >= 0.6 is 0 Å². The fourth-order valence-corrected chi connectivity index (χ4v) is 3.90. The van der Waals surface area contributed by atoms with Crippen LogP contribution in [0.5, 0.6) is 0 Å². The third-order valence-electron chi connectivity index (χ3n) is 5.54. The molecule has 0 radical (unpaired) electrons. The van der Waals surface area contributed by atoms with Gasteiger partial charge in [0.1, 0.15) is 12.4 Å². The first-order valence-electron chi connectivity index (χ1n) is 9.97. The molecule has 1 unspecified atom stereocenters. The summed E-state index contributed by atoms with van der Waals surface area (Å²) in [5.74, 6) is 0.579. The lowest BCUT2D eigenvalue weighted by atomic mass is 10.1. The highest BCUT2D eigenvalue weighted by atomic mass is 16.5. The molecule has 2 saturated heterocycles. The van der Waals surface area contributed by atoms with Crippen molar-refractivity contribution in [2.24, 2.45) is 5.11 Å². The fourth-order valence-electron chi connectivity index (χ4n) is 3.90. The van der Waals surface area contributed by atoms with Gasteiger partial charge in [0.05, 0.1) is 13.1 Å². The lowest BCUT2D eigenvalue weighted by Gasteiger charge is -2.37. The minimum atomic E-state index is -0.165. The molecule has 8 heteroatoms. The summed E-state index contributed by atoms with van der Waals surface area (Å²) in [5.41, 5.74) is 12.5. The van der Waals surface area contributed by atoms with E-state index in [-0.39, 0.29) is 6.10 Å². The van der Waals surface area contributed by atoms with E-state index in [0.717, 1.165) is 43.8 Å². The van der Waals surface area contributed by atoms with Crippen molar-refractivity contribution in [3.05, 3.63) is 77.0 Å². The molecule has 2 aliphatic heterocycles. The Kier molecular flexibility index (Phi) is 5.77. The normalized spacial score (nSPS) is 18.7. The highest BCUT2D eigenvalue weighted by Crippen LogP contribution is 2.29. The summed E-state index contributed by atoms with van der Waals surface area (Å²) in [6, 6.07) is 16.1. The summed E-state index contributed by atoms with van der Waals surface area (Å²) in [5, 5.41) is 3.59. The molecule has 30 heavy (non-hydrogen) atoms. The molecule has 2 fully saturated rings. The van der Waals surface area contributed by atoms with Crippen LogP contribution in [0.4, 0.5) is 17.1 Å². The minimum Gasteiger partial charge on any atom is -0.474 e. The molecule has 0 amide bonds. The van der Waals surface area contributed by atoms with Crippen LogP contribution in [0, 0.1) is 0 Å². The largest absolute Gasteiger partial charge is 0.474 e. The first-order chi connectivity index (χ1) is 14.7. The van der Waals surface area contributed by atoms with Crippen LogP contribution < -0.4 is 14.7 Å². The van der Waals surface area contributed by atoms with Gasteiger partial charge in [-0.1, -0.05) is 5.11 Å². The van der Waals surface area contributed by atoms with Crippen LogP contribution in [-0.4, -0.2) is 51.7 Å². The topological polar surface area (TPSA) is 84.8 Å². The van der Waals surface area contributed by atoms with Crippen LogP contribution in [0.25, 0.3) is 10.4 Å². The number of azide groups is 1. The van der Waals surface area contributed by atoms with E-state index in [2.05, 4.69) is 50.7 Å². The number of carbonyl (C=O) groups excluding carboxylic acids is 1. The van der Waals surface area contributed by atoms with Crippen LogP contribution in [0.15, 0.2) is 66.1 Å². The summed E-state index contributed by atoms with van der Waals surface area (Å²) in [4.78, 5) is 20.3. The number of benzene rings is 2. The van der Waals surface area contributed by atoms with Crippen molar-refractivity contribution in [2.45, 2.75) is 6.10 Å². The van der Waals surface area contributed by atoms with Gasteiger partial charge in [-0.15, -0.1) is 0 Å². The minimum absolute atomic E-state index is 0.165. The average molecular weight is 404 g/mol. The number of ether oxygens (including phenoxy) is 1. The van der Waals surface area contributed by atoms with E-state index in [1.165, 1.54) is 5.69 Å². The molecule has 0 spiro atoms. The van der Waals surface area contributed by atoms with Crippen LogP contribution in [0.1, 0.15) is 10.4 Å². The number of aldehydes is 1. The number of nitrogens with zero attached hydrogens (tertiary/aromatic N) is 6. The highest BCUT2D eigenvalue weighted by Gasteiger charge is 2.27. The quantitative estimate of drug-likeness (QED) is 0.316. The smallest absolute Gasteiger partial charge is 0.186 e. The number of anilines is 3. The summed E-state index contributed by atoms with van der Waals surface area (Å²) in [6.07, 6.45) is 0.705. The zero-order valence-electron chi connectivity index (χ0n) is 16.7. The SMILES string of the molecule is C=C1OC(CN=[N+]=[N-])CN1c1ccc(N2CCN(c3ccc(C=O)cc3)CC2)cc1. The fraction of sp³-hybridized carbons (Fsp3) is 0.318. The Hall–Kier alpha value is -3.64. The molecular formula is C22H24N6O2. The van der Waals surface area contributed by atoms with Crippen LogP contribution in [0.3, 0.4) is 0 Å². The zero-order valence-corrected chi connectivity index (χ0v) is 16.7. The zero-order chi connectivity index (χ0) is 20.9. The van der Waals surface area contributed by atoms with Gasteiger partial charge in [0.2, 0.25) is 0 Å². The number of hydrogen-bond donors (Lipinski definition) is 0. The second-order valence-electron chi connectivity index (χ2n) is 7.36. The van der Waals surface area contributed by atoms with Crippen molar-refractivity contribution >= 4 is 23.3 Å². The molecule has 2 heterocycles. The molecule has 8 nitrogen and oxygen atoms in total. The van der Waals surface area contributed by atoms with E-state index in [1.54, 1.807) is 0 Å². The molecule has 0 N–H and O–H groups in total. The maximum Gasteiger partial charge on any atom is 0.186 e. The number of carbonyl (C=O) groups is 1. The number of hydrogen-bond acceptors (Lipinski definition) is 6. The molecule has 0 bridgehead atoms. The summed E-state index contributed by atoms with van der Waals surface area (Å²) in [7, 11) is 0. The van der Waals surface area contributed by atoms with E-state index in [1.807, 2.05) is 29.2 Å². The second-order valence-corrected chi connectivity index (χ2v) is 7.36. The van der Waals surface area contributed by atoms with Gasteiger partial charge < -0.3 is 19.4 Å². The first kappa shape index (κ1) is 19.7. The van der Waals surface area contributed by atoms with E-state index in [9.17, 15) is 4.79 Å². The van der Waals surface area contributed by atoms with E-state index < -0.39 is 0 Å². The molecule has 2 aromatic carbocycles. The average Bonchev–Trinajstić information content (AvgIpc) is 3.18. The molecule has 0 saturated carbocycles. The molecule has 154 valence electrons. The summed E-state index contributed by atoms with van der Waals surface area (Å²) >= 11 is 0. The number of piperazine rings is 1. The lowest BCUT2D eigenvalue weighted by molar-refractivity contribution is 0.112. The summed E-state index contributed by atoms with van der Waals surface area (Å²) in [6.45, 7) is 8.61. The van der Waals surface area contributed by atoms with Crippen molar-refractivity contribution in [1.82, 2.24) is 0 Å². The Bertz CT molecular complexity index is 945. The Labute approximate surface area is 175 Å². The second kappa shape index (κ2) is 8.80. The first-order valence-corrected chi connectivity index (χ1v) is 9.97. The third kappa shape index (κ3) is 4.18. The summed E-state index contributed by atoms with van der Waals surface area (Å²) < 4.78 is 5.68. The van der Waals surface area contributed by atoms with Gasteiger partial charge in [-0.25, -0.2) is 0 Å². The van der Waals surface area contributed by atoms with E-state index >= 15 is 0 Å². The van der Waals surface area contributed by atoms with E-state index in [4.69, 9.17) is 10.3 Å². The molecule has 4 rings (SSSR count). The maximum atomic E-state index is 10.8. The molecule has 2 aliphatic rings. The van der Waals surface area contributed by atoms with Gasteiger partial charge in [0, 0.05) is 53.7 Å². The van der Waals surface area contributed by atoms with Crippen LogP contribution in [-0.2, 0) is 4.74 Å². The predicted octanol–water partition coefficient (Wildman–Crippen LogP) is 3.81. The Morgan fingerprint density at radius 1 is 1.00 bits per heavy atom. The molecule has 2 aromatic rings.